The average Bonchev–Trinajstić information content (AvgIpc) is 2.74. The summed E-state index contributed by atoms with van der Waals surface area (Å²) in [4.78, 5) is 13.3. The molecular formula is C12H19N5S. The van der Waals surface area contributed by atoms with Crippen LogP contribution in [0.25, 0.3) is 0 Å². The zero-order valence-electron chi connectivity index (χ0n) is 10.8. The lowest BCUT2D eigenvalue weighted by Crippen LogP contribution is -2.30. The summed E-state index contributed by atoms with van der Waals surface area (Å²) in [5.74, 6) is 1.45. The molecule has 1 aromatic heterocycles. The number of nitrogens with two attached hydrogens (primary N) is 1. The Kier molecular flexibility index (Phi) is 4.08. The third kappa shape index (κ3) is 2.94. The van der Waals surface area contributed by atoms with E-state index in [1.165, 1.54) is 13.0 Å². The number of likely N-dealkylation sites (tertiary alicyclic amines) is 1. The quantitative estimate of drug-likeness (QED) is 0.800. The van der Waals surface area contributed by atoms with Crippen molar-refractivity contribution >= 4 is 23.0 Å². The smallest absolute Gasteiger partial charge is 0.157 e. The molecule has 1 aliphatic heterocycles. The lowest BCUT2D eigenvalue weighted by atomic mass is 10.1. The number of thiocarbonyl (C=S) groups is 1. The summed E-state index contributed by atoms with van der Waals surface area (Å²) >= 11 is 5.01. The molecule has 5 nitrogen and oxygen atoms in total. The van der Waals surface area contributed by atoms with Gasteiger partial charge in [0.15, 0.2) is 5.82 Å². The molecule has 2 heterocycles. The molecule has 18 heavy (non-hydrogen) atoms. The largest absolute Gasteiger partial charge is 0.388 e. The third-order valence-corrected chi connectivity index (χ3v) is 3.49. The molecule has 2 rings (SSSR count). The van der Waals surface area contributed by atoms with Crippen molar-refractivity contribution in [1.82, 2.24) is 14.9 Å². The second-order valence-corrected chi connectivity index (χ2v) is 5.33. The van der Waals surface area contributed by atoms with E-state index < -0.39 is 0 Å². The fourth-order valence-corrected chi connectivity index (χ4v) is 2.58. The van der Waals surface area contributed by atoms with E-state index in [0.717, 1.165) is 18.9 Å². The van der Waals surface area contributed by atoms with Crippen molar-refractivity contribution < 1.29 is 0 Å². The number of hydrogen-bond acceptors (Lipinski definition) is 5. The number of hydrogen-bond donors (Lipinski definition) is 1. The molecule has 0 spiro atoms. The Morgan fingerprint density at radius 1 is 1.56 bits per heavy atom. The van der Waals surface area contributed by atoms with Gasteiger partial charge in [-0.2, -0.15) is 0 Å². The van der Waals surface area contributed by atoms with Crippen molar-refractivity contribution in [1.29, 1.82) is 0 Å². The molecule has 0 amide bonds. The van der Waals surface area contributed by atoms with Crippen molar-refractivity contribution in [2.75, 3.05) is 38.6 Å². The molecule has 0 radical (unpaired) electrons. The van der Waals surface area contributed by atoms with Crippen molar-refractivity contribution in [2.24, 2.45) is 11.7 Å². The van der Waals surface area contributed by atoms with E-state index in [1.807, 2.05) is 7.05 Å². The van der Waals surface area contributed by atoms with Gasteiger partial charge in [-0.15, -0.1) is 0 Å². The maximum Gasteiger partial charge on any atom is 0.157 e. The highest BCUT2D eigenvalue weighted by Crippen LogP contribution is 2.19. The van der Waals surface area contributed by atoms with E-state index in [0.29, 0.717) is 16.6 Å². The van der Waals surface area contributed by atoms with Crippen LogP contribution >= 0.6 is 12.2 Å². The van der Waals surface area contributed by atoms with Crippen LogP contribution in [0.4, 0.5) is 5.82 Å². The predicted octanol–water partition coefficient (Wildman–Crippen LogP) is 0.499. The van der Waals surface area contributed by atoms with E-state index >= 15 is 0 Å². The van der Waals surface area contributed by atoms with Crippen LogP contribution in [0.5, 0.6) is 0 Å². The lowest BCUT2D eigenvalue weighted by molar-refractivity contribution is 0.395. The fraction of sp³-hybridized carbons (Fsp3) is 0.583. The van der Waals surface area contributed by atoms with Crippen LogP contribution in [0.3, 0.4) is 0 Å². The highest BCUT2D eigenvalue weighted by molar-refractivity contribution is 7.80. The van der Waals surface area contributed by atoms with Gasteiger partial charge in [0.05, 0.1) is 0 Å². The van der Waals surface area contributed by atoms with Gasteiger partial charge in [0, 0.05) is 32.5 Å². The minimum absolute atomic E-state index is 0.300. The van der Waals surface area contributed by atoms with Gasteiger partial charge >= 0.3 is 0 Å². The lowest BCUT2D eigenvalue weighted by Gasteiger charge is -2.23. The van der Waals surface area contributed by atoms with Crippen LogP contribution in [0.1, 0.15) is 12.1 Å². The topological polar surface area (TPSA) is 58.3 Å². The summed E-state index contributed by atoms with van der Waals surface area (Å²) in [6.07, 6.45) is 4.52. The molecule has 0 aliphatic carbocycles. The van der Waals surface area contributed by atoms with Crippen molar-refractivity contribution in [3.8, 4) is 0 Å². The van der Waals surface area contributed by atoms with Crippen LogP contribution in [-0.2, 0) is 0 Å². The van der Waals surface area contributed by atoms with Crippen molar-refractivity contribution in [2.45, 2.75) is 6.42 Å². The standard InChI is InChI=1S/C12H19N5S/c1-16-6-3-9(7-16)8-17(2)12-10(11(13)18)14-4-5-15-12/h4-5,9H,3,6-8H2,1-2H3,(H2,13,18). The summed E-state index contributed by atoms with van der Waals surface area (Å²) in [5, 5.41) is 0. The average molecular weight is 265 g/mol. The SMILES string of the molecule is CN1CCC(CN(C)c2nccnc2C(N)=S)C1. The molecule has 1 unspecified atom stereocenters. The van der Waals surface area contributed by atoms with Crippen LogP contribution in [0, 0.1) is 5.92 Å². The molecule has 1 atom stereocenters. The van der Waals surface area contributed by atoms with Gasteiger partial charge in [-0.25, -0.2) is 9.97 Å². The molecule has 2 N–H and O–H groups in total. The van der Waals surface area contributed by atoms with Crippen molar-refractivity contribution in [3.05, 3.63) is 18.1 Å². The van der Waals surface area contributed by atoms with Crippen LogP contribution in [0.15, 0.2) is 12.4 Å². The van der Waals surface area contributed by atoms with E-state index in [-0.39, 0.29) is 0 Å². The number of rotatable bonds is 4. The van der Waals surface area contributed by atoms with Gasteiger partial charge in [0.2, 0.25) is 0 Å². The molecule has 0 bridgehead atoms. The maximum atomic E-state index is 5.68. The first-order valence-electron chi connectivity index (χ1n) is 6.08. The molecule has 6 heteroatoms. The summed E-state index contributed by atoms with van der Waals surface area (Å²) in [6.45, 7) is 3.26. The maximum absolute atomic E-state index is 5.68. The van der Waals surface area contributed by atoms with E-state index in [2.05, 4.69) is 26.8 Å². The Balaban J connectivity index is 2.09. The van der Waals surface area contributed by atoms with Gasteiger partial charge in [-0.1, -0.05) is 12.2 Å². The highest BCUT2D eigenvalue weighted by Gasteiger charge is 2.22. The third-order valence-electron chi connectivity index (χ3n) is 3.29. The summed E-state index contributed by atoms with van der Waals surface area (Å²) < 4.78 is 0. The minimum atomic E-state index is 0.300. The van der Waals surface area contributed by atoms with Gasteiger partial charge in [0.25, 0.3) is 0 Å². The Labute approximate surface area is 113 Å². The first kappa shape index (κ1) is 13.2. The number of nitrogens with zero attached hydrogens (tertiary/aromatic N) is 4. The van der Waals surface area contributed by atoms with Crippen molar-refractivity contribution in [3.63, 3.8) is 0 Å². The Morgan fingerprint density at radius 3 is 2.89 bits per heavy atom. The highest BCUT2D eigenvalue weighted by atomic mass is 32.1. The molecule has 1 aliphatic rings. The Bertz CT molecular complexity index is 436. The molecule has 98 valence electrons. The second kappa shape index (κ2) is 5.58. The molecule has 0 aromatic carbocycles. The summed E-state index contributed by atoms with van der Waals surface area (Å²) in [5.41, 5.74) is 6.29. The van der Waals surface area contributed by atoms with E-state index in [4.69, 9.17) is 18.0 Å². The molecule has 1 aromatic rings. The van der Waals surface area contributed by atoms with Gasteiger partial charge in [-0.3, -0.25) is 0 Å². The van der Waals surface area contributed by atoms with Gasteiger partial charge < -0.3 is 15.5 Å². The van der Waals surface area contributed by atoms with Gasteiger partial charge in [0.1, 0.15) is 10.7 Å². The normalized spacial score (nSPS) is 20.0. The Hall–Kier alpha value is -1.27. The first-order chi connectivity index (χ1) is 8.58. The molecule has 1 fully saturated rings. The minimum Gasteiger partial charge on any atom is -0.388 e. The van der Waals surface area contributed by atoms with Crippen LogP contribution in [0.2, 0.25) is 0 Å². The first-order valence-corrected chi connectivity index (χ1v) is 6.49. The fourth-order valence-electron chi connectivity index (χ4n) is 2.43. The summed E-state index contributed by atoms with van der Waals surface area (Å²) in [6, 6.07) is 0. The monoisotopic (exact) mass is 265 g/mol. The van der Waals surface area contributed by atoms with Crippen LogP contribution < -0.4 is 10.6 Å². The molecular weight excluding hydrogens is 246 g/mol. The number of aromatic nitrogens is 2. The number of anilines is 1. The molecule has 1 saturated heterocycles. The second-order valence-electron chi connectivity index (χ2n) is 4.89. The Morgan fingerprint density at radius 2 is 2.28 bits per heavy atom. The zero-order chi connectivity index (χ0) is 13.1. The summed E-state index contributed by atoms with van der Waals surface area (Å²) in [7, 11) is 4.17. The molecule has 0 saturated carbocycles. The van der Waals surface area contributed by atoms with E-state index in [1.54, 1.807) is 12.4 Å². The van der Waals surface area contributed by atoms with Crippen LogP contribution in [-0.4, -0.2) is 53.6 Å². The van der Waals surface area contributed by atoms with Gasteiger partial charge in [-0.05, 0) is 25.9 Å². The predicted molar refractivity (Wildman–Crippen MR) is 76.8 cm³/mol. The van der Waals surface area contributed by atoms with E-state index in [9.17, 15) is 0 Å². The zero-order valence-corrected chi connectivity index (χ0v) is 11.7.